The summed E-state index contributed by atoms with van der Waals surface area (Å²) < 4.78 is 17.1. The number of nitrogens with zero attached hydrogens (tertiary/aromatic N) is 1. The second-order valence-electron chi connectivity index (χ2n) is 4.99. The van der Waals surface area contributed by atoms with Crippen LogP contribution in [0, 0.1) is 0 Å². The summed E-state index contributed by atoms with van der Waals surface area (Å²) >= 11 is 7.00. The third kappa shape index (κ3) is 4.25. The fraction of sp³-hybridized carbons (Fsp3) is 0.375. The van der Waals surface area contributed by atoms with Crippen LogP contribution in [0.4, 0.5) is 0 Å². The van der Waals surface area contributed by atoms with Crippen molar-refractivity contribution < 1.29 is 13.9 Å². The summed E-state index contributed by atoms with van der Waals surface area (Å²) in [6, 6.07) is 8.72. The number of thioether (sulfide) groups is 1. The maximum atomic E-state index is 11.6. The molecular weight excluding hydrogens is 334 g/mol. The Morgan fingerprint density at radius 2 is 2.09 bits per heavy atom. The Bertz CT molecular complexity index is 740. The molecule has 1 fully saturated rings. The normalized spacial score (nSPS) is 14.9. The molecule has 5 nitrogen and oxygen atoms in total. The molecule has 1 aliphatic heterocycles. The molecule has 122 valence electrons. The Morgan fingerprint density at radius 1 is 1.30 bits per heavy atom. The molecule has 0 bridgehead atoms. The highest BCUT2D eigenvalue weighted by atomic mass is 32.2. The molecule has 1 saturated heterocycles. The summed E-state index contributed by atoms with van der Waals surface area (Å²) in [6.45, 7) is 3.61. The van der Waals surface area contributed by atoms with E-state index in [9.17, 15) is 4.79 Å². The lowest BCUT2D eigenvalue weighted by Crippen LogP contribution is -2.38. The number of fused-ring (bicyclic) bond motifs is 1. The summed E-state index contributed by atoms with van der Waals surface area (Å²) in [5.41, 5.74) is 0.127. The van der Waals surface area contributed by atoms with Gasteiger partial charge < -0.3 is 18.8 Å². The van der Waals surface area contributed by atoms with Crippen LogP contribution in [0.2, 0.25) is 0 Å². The first kappa shape index (κ1) is 16.3. The van der Waals surface area contributed by atoms with Crippen LogP contribution in [0.1, 0.15) is 0 Å². The van der Waals surface area contributed by atoms with Gasteiger partial charge >= 0.3 is 5.63 Å². The van der Waals surface area contributed by atoms with E-state index in [1.165, 1.54) is 6.07 Å². The van der Waals surface area contributed by atoms with Crippen molar-refractivity contribution in [1.82, 2.24) is 4.90 Å². The van der Waals surface area contributed by atoms with Crippen molar-refractivity contribution in [1.29, 1.82) is 0 Å². The van der Waals surface area contributed by atoms with Gasteiger partial charge in [0, 0.05) is 18.8 Å². The molecule has 0 amide bonds. The zero-order valence-corrected chi connectivity index (χ0v) is 14.2. The lowest BCUT2D eigenvalue weighted by atomic mass is 10.2. The predicted molar refractivity (Wildman–Crippen MR) is 95.4 cm³/mol. The highest BCUT2D eigenvalue weighted by Crippen LogP contribution is 2.23. The van der Waals surface area contributed by atoms with Crippen molar-refractivity contribution in [2.24, 2.45) is 0 Å². The molecule has 23 heavy (non-hydrogen) atoms. The third-order valence-corrected chi connectivity index (χ3v) is 4.94. The minimum atomic E-state index is -0.407. The van der Waals surface area contributed by atoms with Crippen molar-refractivity contribution in [2.75, 3.05) is 38.7 Å². The number of ether oxygens (including phenoxy) is 2. The van der Waals surface area contributed by atoms with E-state index in [0.717, 1.165) is 41.8 Å². The van der Waals surface area contributed by atoms with E-state index in [1.807, 2.05) is 18.2 Å². The van der Waals surface area contributed by atoms with Gasteiger partial charge in [0.1, 0.15) is 15.7 Å². The quantitative estimate of drug-likeness (QED) is 0.477. The summed E-state index contributed by atoms with van der Waals surface area (Å²) in [6.07, 6.45) is 0. The fourth-order valence-electron chi connectivity index (χ4n) is 2.32. The van der Waals surface area contributed by atoms with Crippen molar-refractivity contribution in [3.05, 3.63) is 40.8 Å². The number of thiocarbonyl (C=S) groups is 1. The molecule has 7 heteroatoms. The molecule has 1 aromatic heterocycles. The highest BCUT2D eigenvalue weighted by Gasteiger charge is 2.14. The Hall–Kier alpha value is -1.57. The monoisotopic (exact) mass is 351 g/mol. The number of benzene rings is 1. The van der Waals surface area contributed by atoms with Crippen molar-refractivity contribution in [2.45, 2.75) is 0 Å². The number of morpholine rings is 1. The molecule has 1 aromatic carbocycles. The average molecular weight is 351 g/mol. The van der Waals surface area contributed by atoms with Gasteiger partial charge in [-0.15, -0.1) is 0 Å². The van der Waals surface area contributed by atoms with Gasteiger partial charge in [-0.1, -0.05) is 36.1 Å². The molecule has 0 atom stereocenters. The Kier molecular flexibility index (Phi) is 5.53. The van der Waals surface area contributed by atoms with Gasteiger partial charge in [-0.2, -0.15) is 0 Å². The van der Waals surface area contributed by atoms with Crippen molar-refractivity contribution in [3.63, 3.8) is 0 Å². The van der Waals surface area contributed by atoms with Gasteiger partial charge in [-0.05, 0) is 12.1 Å². The Labute approximate surface area is 143 Å². The summed E-state index contributed by atoms with van der Waals surface area (Å²) in [7, 11) is 0. The van der Waals surface area contributed by atoms with Crippen LogP contribution in [0.3, 0.4) is 0 Å². The molecule has 1 aliphatic rings. The second-order valence-corrected chi connectivity index (χ2v) is 6.72. The van der Waals surface area contributed by atoms with E-state index in [2.05, 4.69) is 4.90 Å². The van der Waals surface area contributed by atoms with Crippen LogP contribution >= 0.6 is 24.0 Å². The predicted octanol–water partition coefficient (Wildman–Crippen LogP) is 2.52. The minimum Gasteiger partial charge on any atom is -0.492 e. The number of rotatable bonds is 4. The maximum Gasteiger partial charge on any atom is 0.339 e. The molecule has 2 heterocycles. The lowest BCUT2D eigenvalue weighted by Gasteiger charge is -2.28. The molecule has 0 unspecified atom stereocenters. The topological polar surface area (TPSA) is 51.9 Å². The average Bonchev–Trinajstić information content (AvgIpc) is 2.59. The van der Waals surface area contributed by atoms with Crippen LogP contribution < -0.4 is 10.4 Å². The van der Waals surface area contributed by atoms with Gasteiger partial charge in [0.2, 0.25) is 0 Å². The molecule has 0 saturated carbocycles. The van der Waals surface area contributed by atoms with Gasteiger partial charge in [0.05, 0.1) is 31.3 Å². The standard InChI is InChI=1S/C16H17NO4S2/c18-15-11-14(12-3-1-2-4-13(12)21-15)20-9-10-23-16(22)17-5-7-19-8-6-17/h1-4,11H,5-10H2. The second kappa shape index (κ2) is 7.81. The lowest BCUT2D eigenvalue weighted by molar-refractivity contribution is 0.0702. The van der Waals surface area contributed by atoms with Crippen molar-refractivity contribution in [3.8, 4) is 5.75 Å². The van der Waals surface area contributed by atoms with Gasteiger partial charge in [-0.3, -0.25) is 0 Å². The molecule has 3 rings (SSSR count). The smallest absolute Gasteiger partial charge is 0.339 e. The molecular formula is C16H17NO4S2. The molecule has 2 aromatic rings. The zero-order valence-electron chi connectivity index (χ0n) is 12.5. The van der Waals surface area contributed by atoms with Gasteiger partial charge in [0.25, 0.3) is 0 Å². The highest BCUT2D eigenvalue weighted by molar-refractivity contribution is 8.22. The fourth-order valence-corrected chi connectivity index (χ4v) is 3.46. The van der Waals surface area contributed by atoms with Crippen LogP contribution in [0.15, 0.2) is 39.5 Å². The Balaban J connectivity index is 1.55. The summed E-state index contributed by atoms with van der Waals surface area (Å²) in [5, 5.41) is 0.799. The largest absolute Gasteiger partial charge is 0.492 e. The molecule has 0 N–H and O–H groups in total. The van der Waals surface area contributed by atoms with E-state index in [-0.39, 0.29) is 0 Å². The van der Waals surface area contributed by atoms with Crippen molar-refractivity contribution >= 4 is 39.3 Å². The van der Waals surface area contributed by atoms with E-state index < -0.39 is 5.63 Å². The molecule has 0 spiro atoms. The number of hydrogen-bond donors (Lipinski definition) is 0. The van der Waals surface area contributed by atoms with E-state index >= 15 is 0 Å². The SMILES string of the molecule is O=c1cc(OCCSC(=S)N2CCOCC2)c2ccccc2o1. The van der Waals surface area contributed by atoms with E-state index in [1.54, 1.807) is 17.8 Å². The van der Waals surface area contributed by atoms with Crippen LogP contribution in [-0.2, 0) is 4.74 Å². The number of para-hydroxylation sites is 1. The maximum absolute atomic E-state index is 11.6. The van der Waals surface area contributed by atoms with Gasteiger partial charge in [0.15, 0.2) is 0 Å². The molecule has 0 aliphatic carbocycles. The first-order valence-electron chi connectivity index (χ1n) is 7.39. The van der Waals surface area contributed by atoms with Crippen LogP contribution in [0.5, 0.6) is 5.75 Å². The van der Waals surface area contributed by atoms with Crippen LogP contribution in [-0.4, -0.2) is 47.9 Å². The van der Waals surface area contributed by atoms with Gasteiger partial charge in [-0.25, -0.2) is 4.79 Å². The van der Waals surface area contributed by atoms with E-state index in [4.69, 9.17) is 26.1 Å². The van der Waals surface area contributed by atoms with E-state index in [0.29, 0.717) is 17.9 Å². The minimum absolute atomic E-state index is 0.407. The number of hydrogen-bond acceptors (Lipinski definition) is 6. The third-order valence-electron chi connectivity index (χ3n) is 3.45. The molecule has 0 radical (unpaired) electrons. The Morgan fingerprint density at radius 3 is 2.91 bits per heavy atom. The zero-order chi connectivity index (χ0) is 16.1. The first-order valence-corrected chi connectivity index (χ1v) is 8.78. The summed E-state index contributed by atoms with van der Waals surface area (Å²) in [4.78, 5) is 13.7. The summed E-state index contributed by atoms with van der Waals surface area (Å²) in [5.74, 6) is 1.28. The van der Waals surface area contributed by atoms with Crippen LogP contribution in [0.25, 0.3) is 11.0 Å². The first-order chi connectivity index (χ1) is 11.2.